The maximum Gasteiger partial charge on any atom is 0.257 e. The van der Waals surface area contributed by atoms with Crippen LogP contribution in [0.2, 0.25) is 0 Å². The van der Waals surface area contributed by atoms with Gasteiger partial charge in [0.1, 0.15) is 5.01 Å². The number of carbonyl (C=O) groups is 1. The van der Waals surface area contributed by atoms with E-state index in [4.69, 9.17) is 0 Å². The van der Waals surface area contributed by atoms with Crippen molar-refractivity contribution in [1.29, 1.82) is 0 Å². The van der Waals surface area contributed by atoms with Crippen LogP contribution in [0.25, 0.3) is 10.6 Å². The van der Waals surface area contributed by atoms with Gasteiger partial charge in [0.2, 0.25) is 15.2 Å². The SMILES string of the molecule is Cc1ccc(-c2nnc(NC(=O)c3ccc(CN(c4cc(C)ccc4C)S(C)(=O)=O)cc3)s2)cc1. The molecule has 0 aliphatic rings. The lowest BCUT2D eigenvalue weighted by Gasteiger charge is -2.25. The van der Waals surface area contributed by atoms with Crippen molar-refractivity contribution in [3.63, 3.8) is 0 Å². The van der Waals surface area contributed by atoms with E-state index in [1.807, 2.05) is 63.2 Å². The number of benzene rings is 3. The Labute approximate surface area is 209 Å². The molecular formula is C26H26N4O3S2. The van der Waals surface area contributed by atoms with Gasteiger partial charge in [-0.2, -0.15) is 0 Å². The van der Waals surface area contributed by atoms with E-state index in [1.54, 1.807) is 24.3 Å². The normalized spacial score (nSPS) is 11.3. The summed E-state index contributed by atoms with van der Waals surface area (Å²) in [7, 11) is -3.51. The van der Waals surface area contributed by atoms with Crippen molar-refractivity contribution >= 4 is 38.1 Å². The fraction of sp³-hybridized carbons (Fsp3) is 0.192. The lowest BCUT2D eigenvalue weighted by atomic mass is 10.1. The molecule has 1 amide bonds. The molecule has 0 atom stereocenters. The number of amides is 1. The monoisotopic (exact) mass is 506 g/mol. The number of sulfonamides is 1. The van der Waals surface area contributed by atoms with Crippen LogP contribution in [0, 0.1) is 20.8 Å². The lowest BCUT2D eigenvalue weighted by molar-refractivity contribution is 0.102. The highest BCUT2D eigenvalue weighted by molar-refractivity contribution is 7.92. The summed E-state index contributed by atoms with van der Waals surface area (Å²) in [5.74, 6) is -0.308. The van der Waals surface area contributed by atoms with Crippen LogP contribution in [0.5, 0.6) is 0 Å². The lowest BCUT2D eigenvalue weighted by Crippen LogP contribution is -2.30. The maximum absolute atomic E-state index is 12.7. The Kier molecular flexibility index (Phi) is 7.00. The zero-order valence-electron chi connectivity index (χ0n) is 19.9. The van der Waals surface area contributed by atoms with E-state index in [2.05, 4.69) is 15.5 Å². The standard InChI is InChI=1S/C26H26N4O3S2/c1-17-6-11-22(12-7-17)25-28-29-26(34-25)27-24(31)21-13-9-20(10-14-21)16-30(35(4,32)33)23-15-18(2)5-8-19(23)3/h5-15H,16H2,1-4H3,(H,27,29,31). The summed E-state index contributed by atoms with van der Waals surface area (Å²) in [6.07, 6.45) is 1.20. The van der Waals surface area contributed by atoms with Crippen LogP contribution in [0.1, 0.15) is 32.6 Å². The molecule has 4 aromatic rings. The van der Waals surface area contributed by atoms with Gasteiger partial charge in [0.05, 0.1) is 18.5 Å². The molecule has 0 saturated heterocycles. The number of nitrogens with zero attached hydrogens (tertiary/aromatic N) is 3. The topological polar surface area (TPSA) is 92.3 Å². The molecule has 0 spiro atoms. The molecule has 35 heavy (non-hydrogen) atoms. The second-order valence-electron chi connectivity index (χ2n) is 8.49. The molecular weight excluding hydrogens is 480 g/mol. The van der Waals surface area contributed by atoms with E-state index in [-0.39, 0.29) is 12.5 Å². The first-order chi connectivity index (χ1) is 16.6. The van der Waals surface area contributed by atoms with Crippen LogP contribution in [0.4, 0.5) is 10.8 Å². The van der Waals surface area contributed by atoms with Gasteiger partial charge >= 0.3 is 0 Å². The second kappa shape index (κ2) is 9.97. The number of carbonyl (C=O) groups excluding carboxylic acids is 1. The Bertz CT molecular complexity index is 1460. The molecule has 1 N–H and O–H groups in total. The first-order valence-electron chi connectivity index (χ1n) is 11.0. The van der Waals surface area contributed by atoms with E-state index in [9.17, 15) is 13.2 Å². The minimum absolute atomic E-state index is 0.168. The molecule has 0 aliphatic carbocycles. The Morgan fingerprint density at radius 3 is 2.23 bits per heavy atom. The number of nitrogens with one attached hydrogen (secondary N) is 1. The smallest absolute Gasteiger partial charge is 0.257 e. The maximum atomic E-state index is 12.7. The molecule has 0 fully saturated rings. The number of anilines is 2. The average molecular weight is 507 g/mol. The van der Waals surface area contributed by atoms with Crippen molar-refractivity contribution in [2.75, 3.05) is 15.9 Å². The molecule has 4 rings (SSSR count). The van der Waals surface area contributed by atoms with Crippen LogP contribution in [0.15, 0.2) is 66.7 Å². The zero-order valence-corrected chi connectivity index (χ0v) is 21.6. The largest absolute Gasteiger partial charge is 0.296 e. The van der Waals surface area contributed by atoms with E-state index in [0.29, 0.717) is 16.4 Å². The summed E-state index contributed by atoms with van der Waals surface area (Å²) in [5.41, 5.74) is 5.81. The molecule has 0 aliphatic heterocycles. The summed E-state index contributed by atoms with van der Waals surface area (Å²) in [6, 6.07) is 20.5. The number of aryl methyl sites for hydroxylation is 3. The predicted molar refractivity (Wildman–Crippen MR) is 141 cm³/mol. The number of hydrogen-bond acceptors (Lipinski definition) is 6. The fourth-order valence-electron chi connectivity index (χ4n) is 3.55. The van der Waals surface area contributed by atoms with E-state index in [0.717, 1.165) is 32.8 Å². The molecule has 1 aromatic heterocycles. The van der Waals surface area contributed by atoms with Gasteiger partial charge in [0.25, 0.3) is 5.91 Å². The van der Waals surface area contributed by atoms with Gasteiger partial charge in [-0.3, -0.25) is 14.4 Å². The summed E-state index contributed by atoms with van der Waals surface area (Å²) < 4.78 is 26.5. The summed E-state index contributed by atoms with van der Waals surface area (Å²) in [5, 5.41) is 12.2. The first-order valence-corrected chi connectivity index (χ1v) is 13.6. The molecule has 0 radical (unpaired) electrons. The second-order valence-corrected chi connectivity index (χ2v) is 11.4. The Morgan fingerprint density at radius 1 is 0.914 bits per heavy atom. The number of hydrogen-bond donors (Lipinski definition) is 1. The molecule has 1 heterocycles. The fourth-order valence-corrected chi connectivity index (χ4v) is 5.23. The van der Waals surface area contributed by atoms with Crippen LogP contribution in [-0.4, -0.2) is 30.8 Å². The van der Waals surface area contributed by atoms with Crippen LogP contribution in [-0.2, 0) is 16.6 Å². The van der Waals surface area contributed by atoms with Crippen LogP contribution < -0.4 is 9.62 Å². The zero-order chi connectivity index (χ0) is 25.2. The Morgan fingerprint density at radius 2 is 1.57 bits per heavy atom. The molecule has 0 saturated carbocycles. The Balaban J connectivity index is 1.48. The summed E-state index contributed by atoms with van der Waals surface area (Å²) in [6.45, 7) is 6.00. The Hall–Kier alpha value is -3.56. The third-order valence-corrected chi connectivity index (χ3v) is 7.53. The van der Waals surface area contributed by atoms with E-state index >= 15 is 0 Å². The van der Waals surface area contributed by atoms with Gasteiger partial charge in [-0.25, -0.2) is 8.42 Å². The predicted octanol–water partition coefficient (Wildman–Crippen LogP) is 5.35. The third-order valence-electron chi connectivity index (χ3n) is 5.52. The van der Waals surface area contributed by atoms with Crippen molar-refractivity contribution < 1.29 is 13.2 Å². The van der Waals surface area contributed by atoms with Gasteiger partial charge in [-0.05, 0) is 55.7 Å². The number of rotatable bonds is 7. The van der Waals surface area contributed by atoms with E-state index in [1.165, 1.54) is 21.9 Å². The quantitative estimate of drug-likeness (QED) is 0.365. The van der Waals surface area contributed by atoms with Crippen molar-refractivity contribution in [2.45, 2.75) is 27.3 Å². The van der Waals surface area contributed by atoms with Crippen LogP contribution in [0.3, 0.4) is 0 Å². The summed E-state index contributed by atoms with van der Waals surface area (Å²) >= 11 is 1.30. The molecule has 0 bridgehead atoms. The molecule has 180 valence electrons. The van der Waals surface area contributed by atoms with Gasteiger partial charge < -0.3 is 0 Å². The highest BCUT2D eigenvalue weighted by Gasteiger charge is 2.20. The molecule has 3 aromatic carbocycles. The third kappa shape index (κ3) is 5.93. The van der Waals surface area contributed by atoms with Gasteiger partial charge in [0.15, 0.2) is 0 Å². The highest BCUT2D eigenvalue weighted by Crippen LogP contribution is 2.28. The molecule has 7 nitrogen and oxygen atoms in total. The van der Waals surface area contributed by atoms with Crippen molar-refractivity contribution in [3.8, 4) is 10.6 Å². The molecule has 0 unspecified atom stereocenters. The average Bonchev–Trinajstić information content (AvgIpc) is 3.27. The first kappa shape index (κ1) is 24.6. The van der Waals surface area contributed by atoms with Crippen molar-refractivity contribution in [3.05, 3.63) is 94.5 Å². The van der Waals surface area contributed by atoms with Crippen molar-refractivity contribution in [1.82, 2.24) is 10.2 Å². The van der Waals surface area contributed by atoms with Gasteiger partial charge in [-0.15, -0.1) is 10.2 Å². The van der Waals surface area contributed by atoms with Crippen molar-refractivity contribution in [2.24, 2.45) is 0 Å². The minimum Gasteiger partial charge on any atom is -0.296 e. The highest BCUT2D eigenvalue weighted by atomic mass is 32.2. The van der Waals surface area contributed by atoms with E-state index < -0.39 is 10.0 Å². The van der Waals surface area contributed by atoms with Gasteiger partial charge in [-0.1, -0.05) is 65.4 Å². The van der Waals surface area contributed by atoms with Gasteiger partial charge in [0, 0.05) is 11.1 Å². The summed E-state index contributed by atoms with van der Waals surface area (Å²) in [4.78, 5) is 12.7. The number of aromatic nitrogens is 2. The minimum atomic E-state index is -3.51. The van der Waals surface area contributed by atoms with Crippen LogP contribution >= 0.6 is 11.3 Å². The molecule has 9 heteroatoms.